The van der Waals surface area contributed by atoms with Gasteiger partial charge >= 0.3 is 5.97 Å². The average molecular weight is 497 g/mol. The lowest BCUT2D eigenvalue weighted by Gasteiger charge is -2.38. The Balaban J connectivity index is 2.20. The summed E-state index contributed by atoms with van der Waals surface area (Å²) in [4.78, 5) is 45.7. The molecular weight excluding hydrogens is 456 g/mol. The number of carboxylic acid groups (broad SMARTS) is 1. The zero-order valence-electron chi connectivity index (χ0n) is 21.4. The zero-order chi connectivity index (χ0) is 25.8. The number of carbonyl (C=O) groups is 3. The molecule has 192 valence electrons. The first kappa shape index (κ1) is 28.2. The van der Waals surface area contributed by atoms with Crippen molar-refractivity contribution in [1.29, 1.82) is 0 Å². The number of aliphatic hydroxyl groups is 1. The number of carboxylic acids is 1. The maximum absolute atomic E-state index is 13.7. The number of rotatable bonds is 11. The van der Waals surface area contributed by atoms with Gasteiger partial charge in [-0.3, -0.25) is 14.5 Å². The minimum absolute atomic E-state index is 0.0225. The summed E-state index contributed by atoms with van der Waals surface area (Å²) >= 11 is 1.09. The Morgan fingerprint density at radius 3 is 2.44 bits per heavy atom. The summed E-state index contributed by atoms with van der Waals surface area (Å²) in [6, 6.07) is -1.00. The van der Waals surface area contributed by atoms with Gasteiger partial charge in [-0.05, 0) is 45.2 Å². The van der Waals surface area contributed by atoms with Crippen LogP contribution in [-0.4, -0.2) is 81.0 Å². The first-order valence-electron chi connectivity index (χ1n) is 12.0. The number of nitrogens with zero attached hydrogens (tertiary/aromatic N) is 3. The van der Waals surface area contributed by atoms with Crippen molar-refractivity contribution in [3.63, 3.8) is 0 Å². The predicted molar refractivity (Wildman–Crippen MR) is 132 cm³/mol. The minimum atomic E-state index is -1.14. The van der Waals surface area contributed by atoms with E-state index in [0.717, 1.165) is 37.1 Å². The van der Waals surface area contributed by atoms with Crippen molar-refractivity contribution in [1.82, 2.24) is 20.1 Å². The number of aromatic nitrogens is 1. The van der Waals surface area contributed by atoms with Crippen LogP contribution in [0.3, 0.4) is 0 Å². The van der Waals surface area contributed by atoms with Crippen molar-refractivity contribution in [2.75, 3.05) is 20.6 Å². The molecule has 9 nitrogen and oxygen atoms in total. The standard InChI is InChI=1S/C24H40N4O5S/c1-8-15(4)19(26-23(33)24(5)10-9-11-27(24)6)21(30)28(7)17(14(2)3)12-18(29)20-25-16(13-34-20)22(31)32/h13-15,17-19,29H,8-12H2,1-7H3,(H,26,33)(H,31,32)/t15-,17+,18+,19-,24+/m0/s1. The molecule has 0 aliphatic carbocycles. The fourth-order valence-corrected chi connectivity index (χ4v) is 5.28. The van der Waals surface area contributed by atoms with E-state index in [1.807, 2.05) is 46.6 Å². The third-order valence-electron chi connectivity index (χ3n) is 7.36. The van der Waals surface area contributed by atoms with Crippen LogP contribution in [0.2, 0.25) is 0 Å². The maximum atomic E-state index is 13.7. The summed E-state index contributed by atoms with van der Waals surface area (Å²) in [5, 5.41) is 24.6. The molecule has 0 unspecified atom stereocenters. The van der Waals surface area contributed by atoms with Crippen LogP contribution < -0.4 is 5.32 Å². The molecule has 1 aliphatic rings. The number of likely N-dealkylation sites (tertiary alicyclic amines) is 1. The number of nitrogens with one attached hydrogen (secondary N) is 1. The Labute approximate surface area is 206 Å². The van der Waals surface area contributed by atoms with Gasteiger partial charge in [-0.1, -0.05) is 34.1 Å². The molecule has 1 saturated heterocycles. The molecule has 0 aromatic carbocycles. The zero-order valence-corrected chi connectivity index (χ0v) is 22.2. The van der Waals surface area contributed by atoms with Crippen LogP contribution in [0.4, 0.5) is 0 Å². The molecule has 34 heavy (non-hydrogen) atoms. The second kappa shape index (κ2) is 11.6. The largest absolute Gasteiger partial charge is 0.476 e. The lowest BCUT2D eigenvalue weighted by atomic mass is 9.91. The van der Waals surface area contributed by atoms with Gasteiger partial charge in [0.2, 0.25) is 11.8 Å². The van der Waals surface area contributed by atoms with Gasteiger partial charge in [-0.15, -0.1) is 11.3 Å². The van der Waals surface area contributed by atoms with Crippen molar-refractivity contribution in [3.05, 3.63) is 16.1 Å². The number of likely N-dealkylation sites (N-methyl/N-ethyl adjacent to an activating group) is 2. The van der Waals surface area contributed by atoms with Gasteiger partial charge < -0.3 is 20.4 Å². The highest BCUT2D eigenvalue weighted by atomic mass is 32.1. The molecule has 0 saturated carbocycles. The topological polar surface area (TPSA) is 123 Å². The molecular formula is C24H40N4O5S. The number of thiazole rings is 1. The van der Waals surface area contributed by atoms with Crippen LogP contribution in [0, 0.1) is 11.8 Å². The molecule has 3 N–H and O–H groups in total. The predicted octanol–water partition coefficient (Wildman–Crippen LogP) is 2.76. The highest BCUT2D eigenvalue weighted by Gasteiger charge is 2.43. The number of aromatic carboxylic acids is 1. The fourth-order valence-electron chi connectivity index (χ4n) is 4.49. The Morgan fingerprint density at radius 2 is 1.97 bits per heavy atom. The van der Waals surface area contributed by atoms with Gasteiger partial charge in [0.15, 0.2) is 5.69 Å². The summed E-state index contributed by atoms with van der Waals surface area (Å²) in [6.07, 6.45) is 1.63. The van der Waals surface area contributed by atoms with Crippen LogP contribution in [0.15, 0.2) is 5.38 Å². The van der Waals surface area contributed by atoms with Gasteiger partial charge in [0.1, 0.15) is 17.2 Å². The Kier molecular flexibility index (Phi) is 9.62. The SMILES string of the molecule is CC[C@H](C)[C@H](NC(=O)[C@@]1(C)CCCN1C)C(=O)N(C)[C@H](C[C@@H](O)c1nc(C(=O)O)cs1)C(C)C. The molecule has 0 spiro atoms. The van der Waals surface area contributed by atoms with E-state index in [0.29, 0.717) is 5.01 Å². The van der Waals surface area contributed by atoms with Gasteiger partial charge in [-0.2, -0.15) is 0 Å². The van der Waals surface area contributed by atoms with Crippen molar-refractivity contribution >= 4 is 29.1 Å². The summed E-state index contributed by atoms with van der Waals surface area (Å²) in [5.74, 6) is -1.51. The number of carbonyl (C=O) groups excluding carboxylic acids is 2. The fraction of sp³-hybridized carbons (Fsp3) is 0.750. The van der Waals surface area contributed by atoms with Crippen LogP contribution in [0.5, 0.6) is 0 Å². The first-order valence-corrected chi connectivity index (χ1v) is 12.9. The van der Waals surface area contributed by atoms with Crippen molar-refractivity contribution in [3.8, 4) is 0 Å². The second-order valence-electron chi connectivity index (χ2n) is 10.0. The molecule has 1 aromatic heterocycles. The van der Waals surface area contributed by atoms with Gasteiger partial charge in [0, 0.05) is 24.9 Å². The third-order valence-corrected chi connectivity index (χ3v) is 8.31. The van der Waals surface area contributed by atoms with Crippen LogP contribution in [-0.2, 0) is 9.59 Å². The molecule has 1 fully saturated rings. The minimum Gasteiger partial charge on any atom is -0.476 e. The van der Waals surface area contributed by atoms with Crippen LogP contribution in [0.1, 0.15) is 81.9 Å². The highest BCUT2D eigenvalue weighted by molar-refractivity contribution is 7.09. The molecule has 2 heterocycles. The molecule has 0 bridgehead atoms. The summed E-state index contributed by atoms with van der Waals surface area (Å²) in [7, 11) is 3.64. The average Bonchev–Trinajstić information content (AvgIpc) is 3.41. The van der Waals surface area contributed by atoms with Gasteiger partial charge in [0.05, 0.1) is 5.54 Å². The number of hydrogen-bond donors (Lipinski definition) is 3. The van der Waals surface area contributed by atoms with E-state index >= 15 is 0 Å². The summed E-state index contributed by atoms with van der Waals surface area (Å²) in [5.41, 5.74) is -0.736. The lowest BCUT2D eigenvalue weighted by molar-refractivity contribution is -0.142. The Bertz CT molecular complexity index is 875. The van der Waals surface area contributed by atoms with E-state index in [1.54, 1.807) is 11.9 Å². The summed E-state index contributed by atoms with van der Waals surface area (Å²) < 4.78 is 0. The van der Waals surface area contributed by atoms with E-state index in [1.165, 1.54) is 5.38 Å². The van der Waals surface area contributed by atoms with Crippen molar-refractivity contribution in [2.45, 2.75) is 84.0 Å². The molecule has 1 aromatic rings. The number of amides is 2. The molecule has 1 aliphatic heterocycles. The Morgan fingerprint density at radius 1 is 1.32 bits per heavy atom. The van der Waals surface area contributed by atoms with Crippen LogP contribution in [0.25, 0.3) is 0 Å². The molecule has 0 radical (unpaired) electrons. The van der Waals surface area contributed by atoms with Crippen LogP contribution >= 0.6 is 11.3 Å². The van der Waals surface area contributed by atoms with E-state index in [2.05, 4.69) is 10.3 Å². The van der Waals surface area contributed by atoms with E-state index < -0.39 is 23.7 Å². The molecule has 2 rings (SSSR count). The maximum Gasteiger partial charge on any atom is 0.355 e. The smallest absolute Gasteiger partial charge is 0.355 e. The Hall–Kier alpha value is -2.04. The highest BCUT2D eigenvalue weighted by Crippen LogP contribution is 2.30. The number of hydrogen-bond acceptors (Lipinski definition) is 7. The third kappa shape index (κ3) is 6.14. The van der Waals surface area contributed by atoms with Gasteiger partial charge in [-0.25, -0.2) is 9.78 Å². The van der Waals surface area contributed by atoms with E-state index in [4.69, 9.17) is 5.11 Å². The summed E-state index contributed by atoms with van der Waals surface area (Å²) in [6.45, 7) is 10.7. The van der Waals surface area contributed by atoms with Crippen molar-refractivity contribution in [2.24, 2.45) is 11.8 Å². The second-order valence-corrected chi connectivity index (χ2v) is 10.9. The monoisotopic (exact) mass is 496 g/mol. The number of aliphatic hydroxyl groups excluding tert-OH is 1. The molecule has 2 amide bonds. The molecule has 10 heteroatoms. The van der Waals surface area contributed by atoms with E-state index in [-0.39, 0.29) is 41.8 Å². The van der Waals surface area contributed by atoms with E-state index in [9.17, 15) is 19.5 Å². The molecule has 5 atom stereocenters. The normalized spacial score (nSPS) is 22.3. The van der Waals surface area contributed by atoms with Gasteiger partial charge in [0.25, 0.3) is 0 Å². The first-order chi connectivity index (χ1) is 15.8. The quantitative estimate of drug-likeness (QED) is 0.430. The lowest BCUT2D eigenvalue weighted by Crippen LogP contribution is -2.60. The van der Waals surface area contributed by atoms with Crippen molar-refractivity contribution < 1.29 is 24.6 Å².